The molecule has 0 aliphatic rings. The number of aryl methyl sites for hydroxylation is 2. The minimum absolute atomic E-state index is 0.125. The summed E-state index contributed by atoms with van der Waals surface area (Å²) >= 11 is 0. The number of benzene rings is 1. The van der Waals surface area contributed by atoms with Gasteiger partial charge in [0.05, 0.1) is 12.2 Å². The van der Waals surface area contributed by atoms with Crippen LogP contribution in [0.5, 0.6) is 5.75 Å². The molecule has 0 unspecified atom stereocenters. The molecule has 0 aliphatic heterocycles. The van der Waals surface area contributed by atoms with E-state index in [2.05, 4.69) is 27.4 Å². The van der Waals surface area contributed by atoms with E-state index < -0.39 is 0 Å². The highest BCUT2D eigenvalue weighted by Crippen LogP contribution is 2.23. The van der Waals surface area contributed by atoms with Crippen molar-refractivity contribution in [1.82, 2.24) is 20.2 Å². The number of aromatic nitrogens is 4. The van der Waals surface area contributed by atoms with Crippen LogP contribution >= 0.6 is 0 Å². The fourth-order valence-corrected chi connectivity index (χ4v) is 1.72. The number of ether oxygens (including phenoxy) is 1. The van der Waals surface area contributed by atoms with Crippen molar-refractivity contribution >= 4 is 11.6 Å². The number of carbonyl (C=O) groups is 1. The van der Waals surface area contributed by atoms with E-state index in [1.807, 2.05) is 12.1 Å². The van der Waals surface area contributed by atoms with E-state index in [1.54, 1.807) is 29.8 Å². The van der Waals surface area contributed by atoms with Crippen LogP contribution in [-0.4, -0.2) is 32.7 Å². The normalized spacial score (nSPS) is 10.1. The standard InChI is InChI=1S/C14H17N5O2/c1-3-10-21-13-7-5-4-6-12(13)15-14(20)8-9-19-11(2)16-17-18-19/h3-7H,1,8-10H2,2H3,(H,15,20). The number of carbonyl (C=O) groups excluding carboxylic acids is 1. The third-order valence-electron chi connectivity index (χ3n) is 2.78. The second-order valence-corrected chi connectivity index (χ2v) is 4.34. The molecule has 1 aromatic heterocycles. The molecule has 0 fully saturated rings. The molecule has 0 spiro atoms. The molecule has 0 radical (unpaired) electrons. The van der Waals surface area contributed by atoms with Gasteiger partial charge in [-0.1, -0.05) is 24.8 Å². The van der Waals surface area contributed by atoms with Crippen molar-refractivity contribution in [3.63, 3.8) is 0 Å². The highest BCUT2D eigenvalue weighted by Gasteiger charge is 2.09. The van der Waals surface area contributed by atoms with Gasteiger partial charge in [0.25, 0.3) is 0 Å². The lowest BCUT2D eigenvalue weighted by Gasteiger charge is -2.11. The summed E-state index contributed by atoms with van der Waals surface area (Å²) in [4.78, 5) is 12.0. The minimum Gasteiger partial charge on any atom is -0.487 e. The zero-order valence-corrected chi connectivity index (χ0v) is 11.8. The number of hydrogen-bond acceptors (Lipinski definition) is 5. The van der Waals surface area contributed by atoms with Gasteiger partial charge >= 0.3 is 0 Å². The number of anilines is 1. The van der Waals surface area contributed by atoms with Crippen molar-refractivity contribution in [2.24, 2.45) is 0 Å². The first kappa shape index (κ1) is 14.7. The Kier molecular flexibility index (Phi) is 5.03. The van der Waals surface area contributed by atoms with E-state index >= 15 is 0 Å². The number of tetrazole rings is 1. The van der Waals surface area contributed by atoms with Crippen LogP contribution in [0.25, 0.3) is 0 Å². The molecule has 1 heterocycles. The van der Waals surface area contributed by atoms with Gasteiger partial charge in [0.15, 0.2) is 0 Å². The lowest BCUT2D eigenvalue weighted by Crippen LogP contribution is -2.16. The van der Waals surface area contributed by atoms with E-state index in [1.165, 1.54) is 0 Å². The predicted molar refractivity (Wildman–Crippen MR) is 77.9 cm³/mol. The molecule has 0 aliphatic carbocycles. The summed E-state index contributed by atoms with van der Waals surface area (Å²) in [5, 5.41) is 13.9. The fraction of sp³-hybridized carbons (Fsp3) is 0.286. The number of hydrogen-bond donors (Lipinski definition) is 1. The monoisotopic (exact) mass is 287 g/mol. The van der Waals surface area contributed by atoms with E-state index in [0.29, 0.717) is 30.4 Å². The first-order valence-electron chi connectivity index (χ1n) is 6.56. The Morgan fingerprint density at radius 1 is 1.48 bits per heavy atom. The third-order valence-corrected chi connectivity index (χ3v) is 2.78. The van der Waals surface area contributed by atoms with Gasteiger partial charge < -0.3 is 10.1 Å². The summed E-state index contributed by atoms with van der Waals surface area (Å²) in [6.07, 6.45) is 1.93. The maximum atomic E-state index is 12.0. The van der Waals surface area contributed by atoms with E-state index in [4.69, 9.17) is 4.74 Å². The first-order chi connectivity index (χ1) is 10.2. The fourth-order valence-electron chi connectivity index (χ4n) is 1.72. The molecule has 1 aromatic carbocycles. The Balaban J connectivity index is 1.93. The summed E-state index contributed by atoms with van der Waals surface area (Å²) in [7, 11) is 0. The smallest absolute Gasteiger partial charge is 0.226 e. The van der Waals surface area contributed by atoms with Gasteiger partial charge in [0, 0.05) is 6.42 Å². The molecule has 21 heavy (non-hydrogen) atoms. The lowest BCUT2D eigenvalue weighted by atomic mass is 10.2. The molecule has 1 amide bonds. The van der Waals surface area contributed by atoms with Crippen molar-refractivity contribution < 1.29 is 9.53 Å². The molecule has 7 nitrogen and oxygen atoms in total. The third kappa shape index (κ3) is 4.13. The van der Waals surface area contributed by atoms with E-state index in [0.717, 1.165) is 0 Å². The van der Waals surface area contributed by atoms with Crippen molar-refractivity contribution in [3.8, 4) is 5.75 Å². The SMILES string of the molecule is C=CCOc1ccccc1NC(=O)CCn1nnnc1C. The van der Waals surface area contributed by atoms with Crippen LogP contribution in [0.2, 0.25) is 0 Å². The topological polar surface area (TPSA) is 81.9 Å². The molecule has 7 heteroatoms. The molecule has 110 valence electrons. The van der Waals surface area contributed by atoms with Gasteiger partial charge in [-0.05, 0) is 29.5 Å². The molecular formula is C14H17N5O2. The summed E-state index contributed by atoms with van der Waals surface area (Å²) < 4.78 is 7.07. The van der Waals surface area contributed by atoms with Crippen LogP contribution in [0.1, 0.15) is 12.2 Å². The van der Waals surface area contributed by atoms with Crippen molar-refractivity contribution in [1.29, 1.82) is 0 Å². The van der Waals surface area contributed by atoms with Crippen LogP contribution in [-0.2, 0) is 11.3 Å². The molecule has 0 bridgehead atoms. The van der Waals surface area contributed by atoms with Crippen LogP contribution < -0.4 is 10.1 Å². The highest BCUT2D eigenvalue weighted by atomic mass is 16.5. The first-order valence-corrected chi connectivity index (χ1v) is 6.56. The Labute approximate surface area is 122 Å². The van der Waals surface area contributed by atoms with Gasteiger partial charge in [-0.15, -0.1) is 5.10 Å². The number of rotatable bonds is 7. The molecule has 0 saturated carbocycles. The van der Waals surface area contributed by atoms with Crippen LogP contribution in [0.15, 0.2) is 36.9 Å². The average molecular weight is 287 g/mol. The Morgan fingerprint density at radius 2 is 2.29 bits per heavy atom. The van der Waals surface area contributed by atoms with Crippen molar-refractivity contribution in [3.05, 3.63) is 42.7 Å². The van der Waals surface area contributed by atoms with Gasteiger partial charge in [-0.2, -0.15) is 0 Å². The van der Waals surface area contributed by atoms with Crippen LogP contribution in [0.3, 0.4) is 0 Å². The number of para-hydroxylation sites is 2. The minimum atomic E-state index is -0.125. The summed E-state index contributed by atoms with van der Waals surface area (Å²) in [6.45, 7) is 6.20. The highest BCUT2D eigenvalue weighted by molar-refractivity contribution is 5.92. The quantitative estimate of drug-likeness (QED) is 0.782. The van der Waals surface area contributed by atoms with E-state index in [-0.39, 0.29) is 12.3 Å². The second-order valence-electron chi connectivity index (χ2n) is 4.34. The maximum absolute atomic E-state index is 12.0. The molecule has 1 N–H and O–H groups in total. The molecule has 2 rings (SSSR count). The summed E-state index contributed by atoms with van der Waals surface area (Å²) in [6, 6.07) is 7.27. The van der Waals surface area contributed by atoms with Crippen molar-refractivity contribution in [2.45, 2.75) is 19.9 Å². The average Bonchev–Trinajstić information content (AvgIpc) is 2.89. The zero-order chi connectivity index (χ0) is 15.1. The van der Waals surface area contributed by atoms with Crippen molar-refractivity contribution in [2.75, 3.05) is 11.9 Å². The van der Waals surface area contributed by atoms with Gasteiger partial charge in [-0.3, -0.25) is 4.79 Å². The van der Waals surface area contributed by atoms with E-state index in [9.17, 15) is 4.79 Å². The summed E-state index contributed by atoms with van der Waals surface area (Å²) in [5.41, 5.74) is 0.637. The number of nitrogens with one attached hydrogen (secondary N) is 1. The maximum Gasteiger partial charge on any atom is 0.226 e. The van der Waals surface area contributed by atoms with Gasteiger partial charge in [0.2, 0.25) is 5.91 Å². The largest absolute Gasteiger partial charge is 0.487 e. The molecular weight excluding hydrogens is 270 g/mol. The van der Waals surface area contributed by atoms with Gasteiger partial charge in [0.1, 0.15) is 18.2 Å². The van der Waals surface area contributed by atoms with Crippen LogP contribution in [0, 0.1) is 6.92 Å². The Bertz CT molecular complexity index is 623. The Hall–Kier alpha value is -2.70. The predicted octanol–water partition coefficient (Wildman–Crippen LogP) is 1.58. The molecule has 0 atom stereocenters. The molecule has 0 saturated heterocycles. The molecule has 2 aromatic rings. The number of amides is 1. The van der Waals surface area contributed by atoms with Gasteiger partial charge in [-0.25, -0.2) is 4.68 Å². The number of nitrogens with zero attached hydrogens (tertiary/aromatic N) is 4. The second kappa shape index (κ2) is 7.18. The zero-order valence-electron chi connectivity index (χ0n) is 11.8. The lowest BCUT2D eigenvalue weighted by molar-refractivity contribution is -0.116. The van der Waals surface area contributed by atoms with Crippen LogP contribution in [0.4, 0.5) is 5.69 Å². The Morgan fingerprint density at radius 3 is 3.00 bits per heavy atom. The summed E-state index contributed by atoms with van der Waals surface area (Å²) in [5.74, 6) is 1.17.